The topological polar surface area (TPSA) is 32.3 Å². The summed E-state index contributed by atoms with van der Waals surface area (Å²) in [7, 11) is 0. The van der Waals surface area contributed by atoms with Crippen molar-refractivity contribution in [2.24, 2.45) is 0 Å². The molecule has 1 aromatic carbocycles. The number of hydrogen-bond acceptors (Lipinski definition) is 2. The molecule has 1 unspecified atom stereocenters. The summed E-state index contributed by atoms with van der Waals surface area (Å²) in [5, 5.41) is 3.02. The van der Waals surface area contributed by atoms with Gasteiger partial charge in [0.2, 0.25) is 5.91 Å². The summed E-state index contributed by atoms with van der Waals surface area (Å²) in [5.41, 5.74) is 1.80. The van der Waals surface area contributed by atoms with Crippen LogP contribution in [0.15, 0.2) is 24.3 Å². The van der Waals surface area contributed by atoms with Gasteiger partial charge in [-0.2, -0.15) is 13.2 Å². The Morgan fingerprint density at radius 2 is 2.10 bits per heavy atom. The van der Waals surface area contributed by atoms with Gasteiger partial charge in [0.05, 0.1) is 0 Å². The fourth-order valence-corrected chi connectivity index (χ4v) is 2.47. The predicted octanol–water partition coefficient (Wildman–Crippen LogP) is 2.28. The molecule has 1 amide bonds. The van der Waals surface area contributed by atoms with E-state index in [4.69, 9.17) is 0 Å². The standard InChI is InChI=1S/C14H17F3N2O/c1-2-19(9-14(15,16)17)13(20)12-11-6-4-3-5-10(11)7-8-18-12/h3-6,12,18H,2,7-9H2,1H3. The number of amides is 1. The summed E-state index contributed by atoms with van der Waals surface area (Å²) in [6.45, 7) is 0.983. The van der Waals surface area contributed by atoms with Crippen LogP contribution >= 0.6 is 0 Å². The first-order chi connectivity index (χ1) is 9.42. The fourth-order valence-electron chi connectivity index (χ4n) is 2.47. The van der Waals surface area contributed by atoms with Crippen molar-refractivity contribution in [2.75, 3.05) is 19.6 Å². The lowest BCUT2D eigenvalue weighted by Gasteiger charge is -2.31. The van der Waals surface area contributed by atoms with Crippen LogP contribution in [0.5, 0.6) is 0 Å². The number of alkyl halides is 3. The third-order valence-electron chi connectivity index (χ3n) is 3.42. The number of halogens is 3. The van der Waals surface area contributed by atoms with E-state index in [-0.39, 0.29) is 6.54 Å². The Bertz CT molecular complexity index is 488. The average molecular weight is 286 g/mol. The van der Waals surface area contributed by atoms with E-state index in [0.29, 0.717) is 6.54 Å². The van der Waals surface area contributed by atoms with Crippen molar-refractivity contribution in [3.8, 4) is 0 Å². The van der Waals surface area contributed by atoms with Gasteiger partial charge in [0, 0.05) is 13.1 Å². The first kappa shape index (κ1) is 14.8. The maximum Gasteiger partial charge on any atom is 0.406 e. The summed E-state index contributed by atoms with van der Waals surface area (Å²) in [6, 6.07) is 6.70. The summed E-state index contributed by atoms with van der Waals surface area (Å²) >= 11 is 0. The second kappa shape index (κ2) is 5.83. The number of nitrogens with one attached hydrogen (secondary N) is 1. The monoisotopic (exact) mass is 286 g/mol. The molecule has 0 saturated heterocycles. The highest BCUT2D eigenvalue weighted by Gasteiger charge is 2.36. The lowest BCUT2D eigenvalue weighted by atomic mass is 9.93. The first-order valence-electron chi connectivity index (χ1n) is 6.59. The van der Waals surface area contributed by atoms with Crippen molar-refractivity contribution in [1.29, 1.82) is 0 Å². The van der Waals surface area contributed by atoms with Gasteiger partial charge in [-0.05, 0) is 24.5 Å². The number of likely N-dealkylation sites (N-methyl/N-ethyl adjacent to an activating group) is 1. The van der Waals surface area contributed by atoms with Crippen molar-refractivity contribution < 1.29 is 18.0 Å². The van der Waals surface area contributed by atoms with Gasteiger partial charge in [-0.25, -0.2) is 0 Å². The molecule has 1 aromatic rings. The maximum absolute atomic E-state index is 12.5. The quantitative estimate of drug-likeness (QED) is 0.924. The Kier molecular flexibility index (Phi) is 4.32. The molecular weight excluding hydrogens is 269 g/mol. The Morgan fingerprint density at radius 3 is 2.75 bits per heavy atom. The number of nitrogens with zero attached hydrogens (tertiary/aromatic N) is 1. The summed E-state index contributed by atoms with van der Waals surface area (Å²) in [6.07, 6.45) is -3.59. The maximum atomic E-state index is 12.5. The van der Waals surface area contributed by atoms with Crippen molar-refractivity contribution in [3.63, 3.8) is 0 Å². The molecule has 0 aliphatic carbocycles. The highest BCUT2D eigenvalue weighted by Crippen LogP contribution is 2.26. The van der Waals surface area contributed by atoms with E-state index in [1.807, 2.05) is 12.1 Å². The number of benzene rings is 1. The predicted molar refractivity (Wildman–Crippen MR) is 69.2 cm³/mol. The molecule has 0 aromatic heterocycles. The number of fused-ring (bicyclic) bond motifs is 1. The van der Waals surface area contributed by atoms with Crippen LogP contribution in [-0.4, -0.2) is 36.6 Å². The van der Waals surface area contributed by atoms with Gasteiger partial charge in [-0.1, -0.05) is 24.3 Å². The summed E-state index contributed by atoms with van der Waals surface area (Å²) in [5.74, 6) is -0.517. The second-order valence-electron chi connectivity index (χ2n) is 4.80. The zero-order valence-electron chi connectivity index (χ0n) is 11.2. The molecule has 1 aliphatic heterocycles. The van der Waals surface area contributed by atoms with E-state index in [1.165, 1.54) is 0 Å². The van der Waals surface area contributed by atoms with E-state index in [2.05, 4.69) is 5.32 Å². The fraction of sp³-hybridized carbons (Fsp3) is 0.500. The highest BCUT2D eigenvalue weighted by atomic mass is 19.4. The van der Waals surface area contributed by atoms with Gasteiger partial charge < -0.3 is 10.2 Å². The van der Waals surface area contributed by atoms with Crippen LogP contribution in [0.3, 0.4) is 0 Å². The highest BCUT2D eigenvalue weighted by molar-refractivity contribution is 5.84. The van der Waals surface area contributed by atoms with Gasteiger partial charge in [-0.15, -0.1) is 0 Å². The van der Waals surface area contributed by atoms with Gasteiger partial charge >= 0.3 is 6.18 Å². The van der Waals surface area contributed by atoms with E-state index >= 15 is 0 Å². The Morgan fingerprint density at radius 1 is 1.40 bits per heavy atom. The lowest BCUT2D eigenvalue weighted by molar-refractivity contribution is -0.162. The summed E-state index contributed by atoms with van der Waals surface area (Å²) in [4.78, 5) is 13.2. The SMILES string of the molecule is CCN(CC(F)(F)F)C(=O)C1NCCc2ccccc21. The average Bonchev–Trinajstić information content (AvgIpc) is 2.42. The minimum Gasteiger partial charge on any atom is -0.332 e. The zero-order chi connectivity index (χ0) is 14.8. The van der Waals surface area contributed by atoms with Gasteiger partial charge in [0.25, 0.3) is 0 Å². The minimum atomic E-state index is -4.38. The van der Waals surface area contributed by atoms with E-state index in [9.17, 15) is 18.0 Å². The van der Waals surface area contributed by atoms with Crippen LogP contribution in [0, 0.1) is 0 Å². The molecule has 110 valence electrons. The molecule has 2 rings (SSSR count). The Hall–Kier alpha value is -1.56. The van der Waals surface area contributed by atoms with Crippen molar-refractivity contribution in [3.05, 3.63) is 35.4 Å². The van der Waals surface area contributed by atoms with Crippen LogP contribution in [0.4, 0.5) is 13.2 Å². The summed E-state index contributed by atoms with van der Waals surface area (Å²) < 4.78 is 37.5. The molecule has 0 saturated carbocycles. The largest absolute Gasteiger partial charge is 0.406 e. The third kappa shape index (κ3) is 3.30. The molecule has 1 aliphatic rings. The molecule has 1 atom stereocenters. The molecule has 0 radical (unpaired) electrons. The van der Waals surface area contributed by atoms with Crippen LogP contribution < -0.4 is 5.32 Å². The Balaban J connectivity index is 2.21. The molecular formula is C14H17F3N2O. The van der Waals surface area contributed by atoms with Crippen molar-refractivity contribution in [2.45, 2.75) is 25.6 Å². The number of hydrogen-bond donors (Lipinski definition) is 1. The van der Waals surface area contributed by atoms with E-state index < -0.39 is 24.7 Å². The molecule has 3 nitrogen and oxygen atoms in total. The molecule has 0 spiro atoms. The molecule has 6 heteroatoms. The number of carbonyl (C=O) groups is 1. The molecule has 1 N–H and O–H groups in total. The normalized spacial score (nSPS) is 18.5. The smallest absolute Gasteiger partial charge is 0.332 e. The van der Waals surface area contributed by atoms with Crippen LogP contribution in [0.1, 0.15) is 24.1 Å². The number of rotatable bonds is 3. The second-order valence-corrected chi connectivity index (χ2v) is 4.80. The van der Waals surface area contributed by atoms with Crippen LogP contribution in [-0.2, 0) is 11.2 Å². The number of carbonyl (C=O) groups excluding carboxylic acids is 1. The first-order valence-corrected chi connectivity index (χ1v) is 6.59. The van der Waals surface area contributed by atoms with Crippen molar-refractivity contribution >= 4 is 5.91 Å². The van der Waals surface area contributed by atoms with E-state index in [1.54, 1.807) is 19.1 Å². The third-order valence-corrected chi connectivity index (χ3v) is 3.42. The lowest BCUT2D eigenvalue weighted by Crippen LogP contribution is -2.46. The zero-order valence-corrected chi connectivity index (χ0v) is 11.2. The van der Waals surface area contributed by atoms with Crippen molar-refractivity contribution in [1.82, 2.24) is 10.2 Å². The molecule has 20 heavy (non-hydrogen) atoms. The van der Waals surface area contributed by atoms with Gasteiger partial charge in [0.15, 0.2) is 0 Å². The molecule has 0 bridgehead atoms. The van der Waals surface area contributed by atoms with Crippen LogP contribution in [0.25, 0.3) is 0 Å². The molecule has 0 fully saturated rings. The van der Waals surface area contributed by atoms with Gasteiger partial charge in [0.1, 0.15) is 12.6 Å². The van der Waals surface area contributed by atoms with E-state index in [0.717, 1.165) is 22.4 Å². The molecule has 1 heterocycles. The Labute approximate surface area is 115 Å². The minimum absolute atomic E-state index is 0.0404. The van der Waals surface area contributed by atoms with Gasteiger partial charge in [-0.3, -0.25) is 4.79 Å². The van der Waals surface area contributed by atoms with Crippen LogP contribution in [0.2, 0.25) is 0 Å².